The molecule has 0 fully saturated rings. The summed E-state index contributed by atoms with van der Waals surface area (Å²) in [7, 11) is -4.43. The van der Waals surface area contributed by atoms with Crippen LogP contribution in [0, 0.1) is 0 Å². The highest BCUT2D eigenvalue weighted by atomic mass is 32.2. The molecule has 1 aliphatic heterocycles. The Morgan fingerprint density at radius 2 is 1.66 bits per heavy atom. The van der Waals surface area contributed by atoms with Gasteiger partial charge in [0.1, 0.15) is 11.1 Å². The SMILES string of the molecule is CCCCc1ccc2c(c1)N(C(CCCC)CC(c1ncccn1)S(=O)(=O)O)c1ccccc1O2. The molecule has 1 N–H and O–H groups in total. The van der Waals surface area contributed by atoms with E-state index in [-0.39, 0.29) is 18.3 Å². The first-order valence-electron chi connectivity index (χ1n) is 12.3. The minimum absolute atomic E-state index is 0.106. The van der Waals surface area contributed by atoms with Crippen molar-refractivity contribution in [3.63, 3.8) is 0 Å². The maximum absolute atomic E-state index is 12.5. The van der Waals surface area contributed by atoms with Crippen molar-refractivity contribution < 1.29 is 17.7 Å². The fourth-order valence-electron chi connectivity index (χ4n) is 4.63. The van der Waals surface area contributed by atoms with Crippen molar-refractivity contribution in [2.45, 2.75) is 70.1 Å². The highest BCUT2D eigenvalue weighted by molar-refractivity contribution is 7.86. The quantitative estimate of drug-likeness (QED) is 0.298. The second-order valence-corrected chi connectivity index (χ2v) is 10.6. The van der Waals surface area contributed by atoms with Crippen molar-refractivity contribution >= 4 is 21.5 Å². The van der Waals surface area contributed by atoms with E-state index in [9.17, 15) is 13.0 Å². The second kappa shape index (κ2) is 11.2. The normalized spacial score (nSPS) is 14.5. The molecule has 2 atom stereocenters. The largest absolute Gasteiger partial charge is 0.453 e. The minimum atomic E-state index is -4.43. The summed E-state index contributed by atoms with van der Waals surface area (Å²) in [6.07, 6.45) is 8.91. The summed E-state index contributed by atoms with van der Waals surface area (Å²) in [5, 5.41) is -1.23. The lowest BCUT2D eigenvalue weighted by atomic mass is 9.98. The van der Waals surface area contributed by atoms with E-state index in [1.165, 1.54) is 18.0 Å². The minimum Gasteiger partial charge on any atom is -0.453 e. The molecule has 0 bridgehead atoms. The van der Waals surface area contributed by atoms with Gasteiger partial charge in [0.25, 0.3) is 10.1 Å². The Morgan fingerprint density at radius 3 is 2.37 bits per heavy atom. The Morgan fingerprint density at radius 1 is 0.943 bits per heavy atom. The van der Waals surface area contributed by atoms with Gasteiger partial charge in [0, 0.05) is 18.4 Å². The summed E-state index contributed by atoms with van der Waals surface area (Å²) >= 11 is 0. The van der Waals surface area contributed by atoms with Gasteiger partial charge < -0.3 is 9.64 Å². The summed E-state index contributed by atoms with van der Waals surface area (Å²) in [4.78, 5) is 10.5. The number of rotatable bonds is 11. The van der Waals surface area contributed by atoms with Crippen LogP contribution in [-0.2, 0) is 16.5 Å². The lowest BCUT2D eigenvalue weighted by molar-refractivity contribution is 0.429. The zero-order valence-corrected chi connectivity index (χ0v) is 21.1. The Balaban J connectivity index is 1.81. The number of unbranched alkanes of at least 4 members (excludes halogenated alkanes) is 2. The predicted molar refractivity (Wildman–Crippen MR) is 138 cm³/mol. The summed E-state index contributed by atoms with van der Waals surface area (Å²) in [6, 6.07) is 15.5. The number of nitrogens with zero attached hydrogens (tertiary/aromatic N) is 3. The molecule has 0 radical (unpaired) electrons. The molecular formula is C27H33N3O4S. The van der Waals surface area contributed by atoms with Crippen LogP contribution < -0.4 is 9.64 Å². The van der Waals surface area contributed by atoms with Crippen molar-refractivity contribution in [1.82, 2.24) is 9.97 Å². The lowest BCUT2D eigenvalue weighted by Crippen LogP contribution is -2.36. The lowest BCUT2D eigenvalue weighted by Gasteiger charge is -2.40. The van der Waals surface area contributed by atoms with E-state index in [2.05, 4.69) is 40.8 Å². The molecule has 2 heterocycles. The van der Waals surface area contributed by atoms with Gasteiger partial charge in [-0.15, -0.1) is 0 Å². The molecular weight excluding hydrogens is 462 g/mol. The zero-order chi connectivity index (χ0) is 24.8. The Labute approximate surface area is 207 Å². The molecule has 0 saturated heterocycles. The van der Waals surface area contributed by atoms with Crippen LogP contribution >= 0.6 is 0 Å². The van der Waals surface area contributed by atoms with Gasteiger partial charge in [-0.3, -0.25) is 4.55 Å². The van der Waals surface area contributed by atoms with Gasteiger partial charge in [0.05, 0.1) is 11.4 Å². The highest BCUT2D eigenvalue weighted by Crippen LogP contribution is 2.49. The summed E-state index contributed by atoms with van der Waals surface area (Å²) in [5.41, 5.74) is 3.02. The highest BCUT2D eigenvalue weighted by Gasteiger charge is 2.36. The van der Waals surface area contributed by atoms with Crippen molar-refractivity contribution in [2.24, 2.45) is 0 Å². The van der Waals surface area contributed by atoms with Crippen molar-refractivity contribution in [3.8, 4) is 11.5 Å². The molecule has 4 rings (SSSR count). The molecule has 0 saturated carbocycles. The summed E-state index contributed by atoms with van der Waals surface area (Å²) in [6.45, 7) is 4.29. The second-order valence-electron chi connectivity index (χ2n) is 8.99. The van der Waals surface area contributed by atoms with E-state index in [1.807, 2.05) is 30.3 Å². The molecule has 2 aromatic carbocycles. The summed E-state index contributed by atoms with van der Waals surface area (Å²) < 4.78 is 41.5. The van der Waals surface area contributed by atoms with E-state index < -0.39 is 15.4 Å². The van der Waals surface area contributed by atoms with E-state index in [0.29, 0.717) is 0 Å². The number of para-hydroxylation sites is 2. The van der Waals surface area contributed by atoms with Crippen LogP contribution in [0.2, 0.25) is 0 Å². The van der Waals surface area contributed by atoms with Crippen LogP contribution in [0.4, 0.5) is 11.4 Å². The van der Waals surface area contributed by atoms with Gasteiger partial charge in [0.15, 0.2) is 11.5 Å². The number of aryl methyl sites for hydroxylation is 1. The first-order valence-corrected chi connectivity index (χ1v) is 13.8. The van der Waals surface area contributed by atoms with Gasteiger partial charge in [-0.25, -0.2) is 9.97 Å². The fraction of sp³-hybridized carbons (Fsp3) is 0.407. The maximum Gasteiger partial charge on any atom is 0.275 e. The van der Waals surface area contributed by atoms with Crippen molar-refractivity contribution in [3.05, 3.63) is 72.3 Å². The Kier molecular flexibility index (Phi) is 8.03. The number of fused-ring (bicyclic) bond motifs is 2. The molecule has 2 unspecified atom stereocenters. The van der Waals surface area contributed by atoms with Crippen LogP contribution in [0.3, 0.4) is 0 Å². The number of aromatic nitrogens is 2. The zero-order valence-electron chi connectivity index (χ0n) is 20.3. The van der Waals surface area contributed by atoms with Crippen LogP contribution in [-0.4, -0.2) is 29.0 Å². The molecule has 1 aromatic heterocycles. The number of hydrogen-bond acceptors (Lipinski definition) is 6. The van der Waals surface area contributed by atoms with Gasteiger partial charge in [0.2, 0.25) is 0 Å². The molecule has 0 spiro atoms. The standard InChI is InChI=1S/C27H33N3O4S/c1-3-5-10-20-14-15-25-23(18-20)30(22-12-7-8-13-24(22)34-25)21(11-6-4-2)19-26(35(31,32)33)27-28-16-9-17-29-27/h7-9,12-18,21,26H,3-6,10-11,19H2,1-2H3,(H,31,32,33). The number of anilines is 2. The molecule has 0 amide bonds. The first kappa shape index (κ1) is 25.1. The average Bonchev–Trinajstić information content (AvgIpc) is 2.86. The van der Waals surface area contributed by atoms with Crippen LogP contribution in [0.5, 0.6) is 11.5 Å². The molecule has 35 heavy (non-hydrogen) atoms. The van der Waals surface area contributed by atoms with Crippen molar-refractivity contribution in [1.29, 1.82) is 0 Å². The third-order valence-corrected chi connectivity index (χ3v) is 7.54. The molecule has 3 aromatic rings. The molecule has 7 nitrogen and oxygen atoms in total. The maximum atomic E-state index is 12.5. The third kappa shape index (κ3) is 5.82. The number of hydrogen-bond donors (Lipinski definition) is 1. The smallest absolute Gasteiger partial charge is 0.275 e. The molecule has 8 heteroatoms. The third-order valence-electron chi connectivity index (χ3n) is 6.42. The van der Waals surface area contributed by atoms with E-state index in [4.69, 9.17) is 4.74 Å². The van der Waals surface area contributed by atoms with Gasteiger partial charge in [-0.1, -0.05) is 51.3 Å². The van der Waals surface area contributed by atoms with Crippen LogP contribution in [0.15, 0.2) is 60.9 Å². The number of ether oxygens (including phenoxy) is 1. The van der Waals surface area contributed by atoms with Crippen LogP contribution in [0.1, 0.15) is 69.0 Å². The van der Waals surface area contributed by atoms with Gasteiger partial charge >= 0.3 is 0 Å². The van der Waals surface area contributed by atoms with E-state index >= 15 is 0 Å². The topological polar surface area (TPSA) is 92.6 Å². The Hall–Kier alpha value is -2.97. The number of benzene rings is 2. The Bertz CT molecular complexity index is 1230. The van der Waals surface area contributed by atoms with Crippen LogP contribution in [0.25, 0.3) is 0 Å². The molecule has 1 aliphatic rings. The van der Waals surface area contributed by atoms with E-state index in [0.717, 1.165) is 61.4 Å². The average molecular weight is 496 g/mol. The van der Waals surface area contributed by atoms with Gasteiger partial charge in [-0.05, 0) is 61.6 Å². The molecule has 0 aliphatic carbocycles. The fourth-order valence-corrected chi connectivity index (χ4v) is 5.49. The first-order chi connectivity index (χ1) is 16.9. The molecule has 186 valence electrons. The predicted octanol–water partition coefficient (Wildman–Crippen LogP) is 6.64. The summed E-state index contributed by atoms with van der Waals surface area (Å²) in [5.74, 6) is 1.57. The monoisotopic (exact) mass is 495 g/mol. The van der Waals surface area contributed by atoms with E-state index in [1.54, 1.807) is 6.07 Å². The van der Waals surface area contributed by atoms with Crippen molar-refractivity contribution in [2.75, 3.05) is 4.90 Å². The van der Waals surface area contributed by atoms with Gasteiger partial charge in [-0.2, -0.15) is 8.42 Å².